The second-order valence-corrected chi connectivity index (χ2v) is 6.15. The normalized spacial score (nSPS) is 22.4. The molecule has 5 heteroatoms. The topological polar surface area (TPSA) is 52.8 Å². The maximum atomic E-state index is 9.19. The third kappa shape index (κ3) is 2.39. The molecule has 20 heavy (non-hydrogen) atoms. The Labute approximate surface area is 121 Å². The third-order valence-electron chi connectivity index (χ3n) is 4.58. The van der Waals surface area contributed by atoms with Gasteiger partial charge in [-0.05, 0) is 39.3 Å². The number of nitrogens with zero attached hydrogens (tertiary/aromatic N) is 4. The Morgan fingerprint density at radius 2 is 2.10 bits per heavy atom. The average molecular weight is 268 g/mol. The van der Waals surface area contributed by atoms with Crippen LogP contribution in [0.4, 0.5) is 5.82 Å². The van der Waals surface area contributed by atoms with Gasteiger partial charge in [0.25, 0.3) is 6.71 Å². The van der Waals surface area contributed by atoms with E-state index in [1.165, 1.54) is 31.2 Å². The summed E-state index contributed by atoms with van der Waals surface area (Å²) in [5.74, 6) is 4.35. The molecule has 1 aromatic rings. The van der Waals surface area contributed by atoms with Crippen LogP contribution in [0.1, 0.15) is 49.7 Å². The molecule has 1 unspecified atom stereocenters. The number of aryl methyl sites for hydroxylation is 1. The molecule has 0 saturated carbocycles. The molecule has 3 rings (SSSR count). The fourth-order valence-corrected chi connectivity index (χ4v) is 3.49. The molecule has 0 N–H and O–H groups in total. The summed E-state index contributed by atoms with van der Waals surface area (Å²) in [5.41, 5.74) is 2.34. The number of hydrogen-bond acceptors (Lipinski definition) is 4. The molecule has 4 nitrogen and oxygen atoms in total. The minimum Gasteiger partial charge on any atom is -0.354 e. The number of hydrogen-bond donors (Lipinski definition) is 0. The van der Waals surface area contributed by atoms with Gasteiger partial charge in [0, 0.05) is 29.8 Å². The van der Waals surface area contributed by atoms with Crippen molar-refractivity contribution < 1.29 is 0 Å². The lowest BCUT2D eigenvalue weighted by molar-refractivity contribution is 0.608. The van der Waals surface area contributed by atoms with Gasteiger partial charge in [0.15, 0.2) is 0 Å². The minimum absolute atomic E-state index is 0.0853. The van der Waals surface area contributed by atoms with Crippen LogP contribution >= 0.6 is 0 Å². The molecular weight excluding hydrogens is 247 g/mol. The largest absolute Gasteiger partial charge is 0.354 e. The Balaban J connectivity index is 1.99. The summed E-state index contributed by atoms with van der Waals surface area (Å²) >= 11 is 0. The van der Waals surface area contributed by atoms with E-state index in [4.69, 9.17) is 4.98 Å². The molecule has 1 atom stereocenters. The van der Waals surface area contributed by atoms with Crippen LogP contribution in [-0.2, 0) is 12.6 Å². The van der Waals surface area contributed by atoms with E-state index in [0.29, 0.717) is 6.04 Å². The van der Waals surface area contributed by atoms with Gasteiger partial charge in [0.2, 0.25) is 0 Å². The van der Waals surface area contributed by atoms with Crippen LogP contribution in [0.15, 0.2) is 0 Å². The van der Waals surface area contributed by atoms with Crippen LogP contribution in [0.5, 0.6) is 0 Å². The second-order valence-electron chi connectivity index (χ2n) is 6.15. The minimum atomic E-state index is 0.0853. The van der Waals surface area contributed by atoms with Gasteiger partial charge in [0.1, 0.15) is 11.6 Å². The van der Waals surface area contributed by atoms with Gasteiger partial charge in [-0.1, -0.05) is 12.8 Å². The monoisotopic (exact) mass is 268 g/mol. The van der Waals surface area contributed by atoms with Gasteiger partial charge in [-0.2, -0.15) is 0 Å². The highest BCUT2D eigenvalue weighted by atomic mass is 15.2. The second kappa shape index (κ2) is 5.44. The maximum Gasteiger partial charge on any atom is 0.278 e. The molecule has 0 radical (unpaired) electrons. The summed E-state index contributed by atoms with van der Waals surface area (Å²) in [7, 11) is 0. The molecule has 0 aliphatic carbocycles. The lowest BCUT2D eigenvalue weighted by Gasteiger charge is -2.30. The van der Waals surface area contributed by atoms with Crippen molar-refractivity contribution in [2.45, 2.75) is 58.2 Å². The van der Waals surface area contributed by atoms with Gasteiger partial charge in [0.05, 0.1) is 0 Å². The van der Waals surface area contributed by atoms with E-state index in [1.807, 2.05) is 6.92 Å². The molecular formula is C15H21BN4. The molecule has 104 valence electrons. The quantitative estimate of drug-likeness (QED) is 0.733. The summed E-state index contributed by atoms with van der Waals surface area (Å²) in [6, 6.07) is 0.539. The number of rotatable bonds is 1. The first-order valence-corrected chi connectivity index (χ1v) is 7.71. The lowest BCUT2D eigenvalue weighted by atomic mass is 9.49. The molecule has 0 amide bonds. The molecule has 0 spiro atoms. The fraction of sp³-hybridized carbons (Fsp3) is 0.667. The van der Waals surface area contributed by atoms with E-state index in [9.17, 15) is 5.26 Å². The van der Waals surface area contributed by atoms with E-state index in [0.717, 1.165) is 36.5 Å². The van der Waals surface area contributed by atoms with E-state index in [2.05, 4.69) is 22.8 Å². The van der Waals surface area contributed by atoms with Crippen LogP contribution in [0.25, 0.3) is 0 Å². The SMILES string of the molecule is Cc1nc2c(c(N3CCCCCC3C)n1)CB(C#N)C2. The van der Waals surface area contributed by atoms with E-state index < -0.39 is 0 Å². The van der Waals surface area contributed by atoms with Crippen molar-refractivity contribution in [3.8, 4) is 5.97 Å². The zero-order chi connectivity index (χ0) is 14.1. The summed E-state index contributed by atoms with van der Waals surface area (Å²) in [6.07, 6.45) is 6.72. The van der Waals surface area contributed by atoms with Crippen molar-refractivity contribution in [1.82, 2.24) is 9.97 Å². The lowest BCUT2D eigenvalue weighted by Crippen LogP contribution is -2.34. The molecule has 0 aromatic carbocycles. The number of aromatic nitrogens is 2. The average Bonchev–Trinajstić information content (AvgIpc) is 2.72. The predicted octanol–water partition coefficient (Wildman–Crippen LogP) is 2.29. The van der Waals surface area contributed by atoms with E-state index >= 15 is 0 Å². The first kappa shape index (κ1) is 13.4. The van der Waals surface area contributed by atoms with Crippen molar-refractivity contribution in [3.05, 3.63) is 17.1 Å². The van der Waals surface area contributed by atoms with Crippen LogP contribution in [-0.4, -0.2) is 29.3 Å². The van der Waals surface area contributed by atoms with E-state index in [-0.39, 0.29) is 6.71 Å². The first-order valence-electron chi connectivity index (χ1n) is 7.71. The zero-order valence-electron chi connectivity index (χ0n) is 12.4. The van der Waals surface area contributed by atoms with E-state index in [1.54, 1.807) is 0 Å². The standard InChI is InChI=1S/C15H21BN4/c1-11-6-4-3-5-7-20(11)15-13-8-16(10-17)9-14(13)18-12(2)19-15/h11H,3-9H2,1-2H3. The highest BCUT2D eigenvalue weighted by Crippen LogP contribution is 2.31. The molecule has 2 aliphatic heterocycles. The molecule has 1 saturated heterocycles. The van der Waals surface area contributed by atoms with Crippen LogP contribution in [0.2, 0.25) is 0 Å². The number of anilines is 1. The Bertz CT molecular complexity index is 552. The zero-order valence-corrected chi connectivity index (χ0v) is 12.4. The van der Waals surface area contributed by atoms with Crippen LogP contribution in [0, 0.1) is 18.2 Å². The van der Waals surface area contributed by atoms with Crippen molar-refractivity contribution in [2.75, 3.05) is 11.4 Å². The van der Waals surface area contributed by atoms with Crippen molar-refractivity contribution in [2.24, 2.45) is 0 Å². The number of fused-ring (bicyclic) bond motifs is 1. The summed E-state index contributed by atoms with van der Waals surface area (Å²) < 4.78 is 0. The Morgan fingerprint density at radius 1 is 1.25 bits per heavy atom. The van der Waals surface area contributed by atoms with Crippen molar-refractivity contribution >= 4 is 12.5 Å². The summed E-state index contributed by atoms with van der Waals surface area (Å²) in [5, 5.41) is 9.19. The van der Waals surface area contributed by atoms with Crippen LogP contribution < -0.4 is 4.90 Å². The van der Waals surface area contributed by atoms with Gasteiger partial charge >= 0.3 is 0 Å². The van der Waals surface area contributed by atoms with Crippen LogP contribution in [0.3, 0.4) is 0 Å². The highest BCUT2D eigenvalue weighted by molar-refractivity contribution is 6.67. The molecule has 3 heterocycles. The molecule has 1 aromatic heterocycles. The fourth-order valence-electron chi connectivity index (χ4n) is 3.49. The van der Waals surface area contributed by atoms with Crippen molar-refractivity contribution in [3.63, 3.8) is 0 Å². The third-order valence-corrected chi connectivity index (χ3v) is 4.58. The van der Waals surface area contributed by atoms with Crippen molar-refractivity contribution in [1.29, 1.82) is 5.26 Å². The smallest absolute Gasteiger partial charge is 0.278 e. The van der Waals surface area contributed by atoms with Gasteiger partial charge in [-0.3, -0.25) is 0 Å². The summed E-state index contributed by atoms with van der Waals surface area (Å²) in [6.45, 7) is 5.43. The predicted molar refractivity (Wildman–Crippen MR) is 80.8 cm³/mol. The summed E-state index contributed by atoms with van der Waals surface area (Å²) in [4.78, 5) is 11.8. The van der Waals surface area contributed by atoms with Gasteiger partial charge < -0.3 is 4.90 Å². The number of nitriles is 1. The van der Waals surface area contributed by atoms with Gasteiger partial charge in [-0.25, -0.2) is 15.2 Å². The van der Waals surface area contributed by atoms with Gasteiger partial charge in [-0.15, -0.1) is 0 Å². The Hall–Kier alpha value is -1.57. The molecule has 1 fully saturated rings. The first-order chi connectivity index (χ1) is 9.69. The highest BCUT2D eigenvalue weighted by Gasteiger charge is 2.32. The Morgan fingerprint density at radius 3 is 2.90 bits per heavy atom. The Kier molecular flexibility index (Phi) is 3.65. The molecule has 2 aliphatic rings. The maximum absolute atomic E-state index is 9.19. The molecule has 0 bridgehead atoms.